The molecule has 1 heterocycles. The minimum atomic E-state index is -0.570. The van der Waals surface area contributed by atoms with Gasteiger partial charge in [-0.15, -0.1) is 0 Å². The van der Waals surface area contributed by atoms with E-state index < -0.39 is 11.8 Å². The maximum absolute atomic E-state index is 12.8. The van der Waals surface area contributed by atoms with E-state index in [9.17, 15) is 9.59 Å². The van der Waals surface area contributed by atoms with Gasteiger partial charge in [0, 0.05) is 10.7 Å². The van der Waals surface area contributed by atoms with Crippen LogP contribution in [0.5, 0.6) is 0 Å². The van der Waals surface area contributed by atoms with Crippen LogP contribution in [0.4, 0.5) is 11.4 Å². The maximum Gasteiger partial charge on any atom is 0.283 e. The number of benzene rings is 2. The topological polar surface area (TPSA) is 49.4 Å². The van der Waals surface area contributed by atoms with Crippen molar-refractivity contribution in [3.63, 3.8) is 0 Å². The molecule has 1 aliphatic rings. The van der Waals surface area contributed by atoms with E-state index in [0.717, 1.165) is 27.3 Å². The molecule has 0 saturated heterocycles. The Morgan fingerprint density at radius 3 is 2.24 bits per heavy atom. The van der Waals surface area contributed by atoms with Crippen molar-refractivity contribution in [1.29, 1.82) is 0 Å². The fourth-order valence-corrected chi connectivity index (χ4v) is 2.96. The van der Waals surface area contributed by atoms with Crippen molar-refractivity contribution in [3.8, 4) is 0 Å². The predicted octanol–water partition coefficient (Wildman–Crippen LogP) is 4.70. The molecule has 0 bridgehead atoms. The van der Waals surface area contributed by atoms with Crippen LogP contribution in [-0.4, -0.2) is 11.8 Å². The first-order chi connectivity index (χ1) is 11.8. The van der Waals surface area contributed by atoms with Crippen LogP contribution in [0, 0.1) is 20.8 Å². The number of carbonyl (C=O) groups excluding carboxylic acids is 2. The van der Waals surface area contributed by atoms with Gasteiger partial charge in [0.05, 0.1) is 5.69 Å². The van der Waals surface area contributed by atoms with Gasteiger partial charge in [0.2, 0.25) is 0 Å². The molecule has 1 N–H and O–H groups in total. The summed E-state index contributed by atoms with van der Waals surface area (Å²) in [4.78, 5) is 26.3. The molecular formula is C19H16Cl2N2O2. The Morgan fingerprint density at radius 1 is 0.880 bits per heavy atom. The second-order valence-electron chi connectivity index (χ2n) is 6.01. The lowest BCUT2D eigenvalue weighted by Gasteiger charge is -2.16. The molecule has 2 amide bonds. The molecule has 2 aromatic rings. The summed E-state index contributed by atoms with van der Waals surface area (Å²) < 4.78 is 0. The third-order valence-corrected chi connectivity index (χ3v) is 4.85. The van der Waals surface area contributed by atoms with Gasteiger partial charge in [0.15, 0.2) is 0 Å². The molecule has 1 aliphatic heterocycles. The lowest BCUT2D eigenvalue weighted by molar-refractivity contribution is -0.120. The van der Waals surface area contributed by atoms with Crippen molar-refractivity contribution in [3.05, 3.63) is 68.8 Å². The minimum Gasteiger partial charge on any atom is -0.349 e. The van der Waals surface area contributed by atoms with Gasteiger partial charge in [-0.3, -0.25) is 9.59 Å². The molecule has 4 nitrogen and oxygen atoms in total. The highest BCUT2D eigenvalue weighted by atomic mass is 35.5. The van der Waals surface area contributed by atoms with Crippen LogP contribution in [-0.2, 0) is 9.59 Å². The fourth-order valence-electron chi connectivity index (χ4n) is 2.57. The van der Waals surface area contributed by atoms with Crippen molar-refractivity contribution in [2.75, 3.05) is 10.2 Å². The number of hydrogen-bond acceptors (Lipinski definition) is 3. The Labute approximate surface area is 156 Å². The standard InChI is InChI=1S/C19H16Cl2N2O2/c1-10-4-5-12(3)15(8-10)22-17-16(21)18(24)23(19(17)25)13-7-6-11(2)14(20)9-13/h4-9,22H,1-3H3. The summed E-state index contributed by atoms with van der Waals surface area (Å²) in [6.45, 7) is 5.70. The number of hydrogen-bond donors (Lipinski definition) is 1. The smallest absolute Gasteiger partial charge is 0.283 e. The van der Waals surface area contributed by atoms with Crippen LogP contribution < -0.4 is 10.2 Å². The summed E-state index contributed by atoms with van der Waals surface area (Å²) in [7, 11) is 0. The molecule has 0 spiro atoms. The Morgan fingerprint density at radius 2 is 1.56 bits per heavy atom. The lowest BCUT2D eigenvalue weighted by atomic mass is 10.1. The number of nitrogens with one attached hydrogen (secondary N) is 1. The molecule has 0 aromatic heterocycles. The Hall–Kier alpha value is -2.30. The maximum atomic E-state index is 12.8. The molecule has 128 valence electrons. The normalized spacial score (nSPS) is 14.5. The largest absolute Gasteiger partial charge is 0.349 e. The SMILES string of the molecule is Cc1ccc(C)c(NC2=C(Cl)C(=O)N(c3ccc(C)c(Cl)c3)C2=O)c1. The van der Waals surface area contributed by atoms with Crippen molar-refractivity contribution < 1.29 is 9.59 Å². The molecule has 2 aromatic carbocycles. The van der Waals surface area contributed by atoms with Crippen LogP contribution in [0.25, 0.3) is 0 Å². The quantitative estimate of drug-likeness (QED) is 0.791. The van der Waals surface area contributed by atoms with E-state index in [1.165, 1.54) is 0 Å². The van der Waals surface area contributed by atoms with Gasteiger partial charge in [-0.2, -0.15) is 0 Å². The zero-order valence-corrected chi connectivity index (χ0v) is 15.5. The van der Waals surface area contributed by atoms with Gasteiger partial charge in [-0.1, -0.05) is 41.4 Å². The highest BCUT2D eigenvalue weighted by Crippen LogP contribution is 2.32. The molecule has 3 rings (SSSR count). The Bertz CT molecular complexity index is 935. The van der Waals surface area contributed by atoms with Crippen LogP contribution in [0.15, 0.2) is 47.1 Å². The van der Waals surface area contributed by atoms with E-state index >= 15 is 0 Å². The molecule has 0 atom stereocenters. The van der Waals surface area contributed by atoms with Gasteiger partial charge in [0.1, 0.15) is 10.7 Å². The predicted molar refractivity (Wildman–Crippen MR) is 101 cm³/mol. The number of nitrogens with zero attached hydrogens (tertiary/aromatic N) is 1. The molecule has 6 heteroatoms. The van der Waals surface area contributed by atoms with Crippen LogP contribution in [0.1, 0.15) is 16.7 Å². The molecule has 0 fully saturated rings. The van der Waals surface area contributed by atoms with Crippen LogP contribution >= 0.6 is 23.2 Å². The van der Waals surface area contributed by atoms with Crippen molar-refractivity contribution in [2.24, 2.45) is 0 Å². The van der Waals surface area contributed by atoms with Crippen LogP contribution in [0.3, 0.4) is 0 Å². The molecular weight excluding hydrogens is 359 g/mol. The second kappa shape index (κ2) is 6.54. The first-order valence-corrected chi connectivity index (χ1v) is 8.44. The van der Waals surface area contributed by atoms with Gasteiger partial charge >= 0.3 is 0 Å². The number of aryl methyl sites for hydroxylation is 3. The minimum absolute atomic E-state index is 0.0667. The molecule has 0 saturated carbocycles. The molecule has 0 aliphatic carbocycles. The van der Waals surface area contributed by atoms with Crippen molar-refractivity contribution in [2.45, 2.75) is 20.8 Å². The highest BCUT2D eigenvalue weighted by molar-refractivity contribution is 6.53. The van der Waals surface area contributed by atoms with E-state index in [1.807, 2.05) is 39.0 Å². The zero-order chi connectivity index (χ0) is 18.3. The van der Waals surface area contributed by atoms with E-state index in [1.54, 1.807) is 18.2 Å². The van der Waals surface area contributed by atoms with Crippen molar-refractivity contribution >= 4 is 46.4 Å². The average molecular weight is 375 g/mol. The number of amides is 2. The van der Waals surface area contributed by atoms with E-state index in [-0.39, 0.29) is 10.7 Å². The van der Waals surface area contributed by atoms with Gasteiger partial charge < -0.3 is 5.32 Å². The fraction of sp³-hybridized carbons (Fsp3) is 0.158. The summed E-state index contributed by atoms with van der Waals surface area (Å²) in [5.41, 5.74) is 4.03. The van der Waals surface area contributed by atoms with Gasteiger partial charge in [0.25, 0.3) is 11.8 Å². The Kier molecular flexibility index (Phi) is 4.58. The molecule has 0 unspecified atom stereocenters. The van der Waals surface area contributed by atoms with E-state index in [4.69, 9.17) is 23.2 Å². The monoisotopic (exact) mass is 374 g/mol. The van der Waals surface area contributed by atoms with Crippen LogP contribution in [0.2, 0.25) is 5.02 Å². The van der Waals surface area contributed by atoms with E-state index in [0.29, 0.717) is 10.7 Å². The number of anilines is 2. The van der Waals surface area contributed by atoms with E-state index in [2.05, 4.69) is 5.32 Å². The summed E-state index contributed by atoms with van der Waals surface area (Å²) >= 11 is 12.3. The molecule has 25 heavy (non-hydrogen) atoms. The summed E-state index contributed by atoms with van der Waals surface area (Å²) in [5, 5.41) is 3.35. The lowest BCUT2D eigenvalue weighted by Crippen LogP contribution is -2.32. The number of carbonyl (C=O) groups is 2. The average Bonchev–Trinajstić information content (AvgIpc) is 2.77. The van der Waals surface area contributed by atoms with Gasteiger partial charge in [-0.05, 0) is 55.7 Å². The first-order valence-electron chi connectivity index (χ1n) is 7.68. The molecule has 0 radical (unpaired) electrons. The first kappa shape index (κ1) is 17.5. The second-order valence-corrected chi connectivity index (χ2v) is 6.80. The summed E-state index contributed by atoms with van der Waals surface area (Å²) in [6, 6.07) is 10.8. The van der Waals surface area contributed by atoms with Gasteiger partial charge in [-0.25, -0.2) is 4.90 Å². The third-order valence-electron chi connectivity index (χ3n) is 4.09. The number of rotatable bonds is 3. The third kappa shape index (κ3) is 3.15. The summed E-state index contributed by atoms with van der Waals surface area (Å²) in [6.07, 6.45) is 0. The number of halogens is 2. The number of imide groups is 1. The highest BCUT2D eigenvalue weighted by Gasteiger charge is 2.39. The zero-order valence-electron chi connectivity index (χ0n) is 14.0. The Balaban J connectivity index is 1.96. The summed E-state index contributed by atoms with van der Waals surface area (Å²) in [5.74, 6) is -1.07. The van der Waals surface area contributed by atoms with Crippen molar-refractivity contribution in [1.82, 2.24) is 0 Å².